The van der Waals surface area contributed by atoms with Crippen molar-refractivity contribution < 1.29 is 17.6 Å². The first-order valence-corrected chi connectivity index (χ1v) is 8.96. The van der Waals surface area contributed by atoms with E-state index in [1.807, 2.05) is 0 Å². The molecule has 8 heteroatoms. The van der Waals surface area contributed by atoms with E-state index in [1.54, 1.807) is 25.1 Å². The zero-order valence-corrected chi connectivity index (χ0v) is 15.0. The molecular weight excluding hydrogens is 345 g/mol. The highest BCUT2D eigenvalue weighted by Crippen LogP contribution is 2.22. The van der Waals surface area contributed by atoms with Crippen molar-refractivity contribution in [3.8, 4) is 0 Å². The van der Waals surface area contributed by atoms with Crippen LogP contribution in [0.5, 0.6) is 0 Å². The van der Waals surface area contributed by atoms with Crippen molar-refractivity contribution in [3.05, 3.63) is 53.8 Å². The lowest BCUT2D eigenvalue weighted by atomic mass is 10.2. The normalized spacial score (nSPS) is 11.4. The first-order valence-electron chi connectivity index (χ1n) is 7.52. The third-order valence-electron chi connectivity index (χ3n) is 3.51. The highest BCUT2D eigenvalue weighted by molar-refractivity contribution is 7.89. The first-order chi connectivity index (χ1) is 11.7. The number of anilines is 2. The molecule has 0 aliphatic carbocycles. The summed E-state index contributed by atoms with van der Waals surface area (Å²) in [5.41, 5.74) is 1.44. The van der Waals surface area contributed by atoms with Gasteiger partial charge in [-0.15, -0.1) is 0 Å². The molecule has 0 aliphatic heterocycles. The summed E-state index contributed by atoms with van der Waals surface area (Å²) < 4.78 is 38.8. The van der Waals surface area contributed by atoms with Crippen LogP contribution in [0, 0.1) is 12.7 Å². The summed E-state index contributed by atoms with van der Waals surface area (Å²) in [5.74, 6) is -0.774. The Bertz CT molecular complexity index is 882. The van der Waals surface area contributed by atoms with Crippen LogP contribution in [0.4, 0.5) is 15.8 Å². The fraction of sp³-hybridized carbons (Fsp3) is 0.235. The van der Waals surface area contributed by atoms with E-state index in [-0.39, 0.29) is 17.3 Å². The van der Waals surface area contributed by atoms with Crippen molar-refractivity contribution in [2.75, 3.05) is 31.3 Å². The fourth-order valence-electron chi connectivity index (χ4n) is 2.14. The second kappa shape index (κ2) is 7.62. The van der Waals surface area contributed by atoms with Crippen molar-refractivity contribution in [2.24, 2.45) is 0 Å². The van der Waals surface area contributed by atoms with Gasteiger partial charge in [0.1, 0.15) is 5.82 Å². The zero-order chi connectivity index (χ0) is 18.6. The van der Waals surface area contributed by atoms with Gasteiger partial charge in [0, 0.05) is 25.5 Å². The van der Waals surface area contributed by atoms with Crippen LogP contribution in [0.1, 0.15) is 5.56 Å². The van der Waals surface area contributed by atoms with Crippen LogP contribution in [0.2, 0.25) is 0 Å². The van der Waals surface area contributed by atoms with Crippen molar-refractivity contribution >= 4 is 27.3 Å². The Kier molecular flexibility index (Phi) is 5.76. The number of amides is 1. The lowest BCUT2D eigenvalue weighted by Crippen LogP contribution is -2.24. The quantitative estimate of drug-likeness (QED) is 0.824. The molecule has 0 aliphatic rings. The molecule has 2 aromatic rings. The maximum Gasteiger partial charge on any atom is 0.243 e. The van der Waals surface area contributed by atoms with Crippen LogP contribution in [-0.2, 0) is 14.8 Å². The number of aryl methyl sites for hydroxylation is 1. The van der Waals surface area contributed by atoms with Crippen molar-refractivity contribution in [3.63, 3.8) is 0 Å². The summed E-state index contributed by atoms with van der Waals surface area (Å²) in [7, 11) is -0.706. The molecular formula is C17H20FN3O3S. The van der Waals surface area contributed by atoms with Gasteiger partial charge in [0.2, 0.25) is 15.9 Å². The van der Waals surface area contributed by atoms with E-state index in [0.717, 1.165) is 4.31 Å². The molecule has 0 saturated heterocycles. The van der Waals surface area contributed by atoms with E-state index in [9.17, 15) is 17.6 Å². The van der Waals surface area contributed by atoms with Gasteiger partial charge in [0.15, 0.2) is 0 Å². The van der Waals surface area contributed by atoms with Crippen LogP contribution >= 0.6 is 0 Å². The van der Waals surface area contributed by atoms with Gasteiger partial charge in [-0.25, -0.2) is 17.1 Å². The van der Waals surface area contributed by atoms with Gasteiger partial charge in [-0.1, -0.05) is 12.1 Å². The summed E-state index contributed by atoms with van der Waals surface area (Å²) in [4.78, 5) is 12.2. The van der Waals surface area contributed by atoms with Gasteiger partial charge in [0.05, 0.1) is 11.4 Å². The molecule has 2 N–H and O–H groups in total. The number of hydrogen-bond donors (Lipinski definition) is 2. The van der Waals surface area contributed by atoms with Crippen LogP contribution < -0.4 is 10.6 Å². The van der Waals surface area contributed by atoms with E-state index in [4.69, 9.17) is 0 Å². The molecule has 6 nitrogen and oxygen atoms in total. The van der Waals surface area contributed by atoms with Crippen molar-refractivity contribution in [2.45, 2.75) is 11.8 Å². The summed E-state index contributed by atoms with van der Waals surface area (Å²) in [5, 5.41) is 5.43. The molecule has 25 heavy (non-hydrogen) atoms. The van der Waals surface area contributed by atoms with Crippen LogP contribution in [0.15, 0.2) is 47.4 Å². The fourth-order valence-corrected chi connectivity index (χ4v) is 3.28. The van der Waals surface area contributed by atoms with Crippen LogP contribution in [-0.4, -0.2) is 39.3 Å². The van der Waals surface area contributed by atoms with Crippen LogP contribution in [0.25, 0.3) is 0 Å². The Morgan fingerprint density at radius 2 is 1.84 bits per heavy atom. The van der Waals surface area contributed by atoms with Gasteiger partial charge in [-0.05, 0) is 42.8 Å². The number of carbonyl (C=O) groups is 1. The van der Waals surface area contributed by atoms with E-state index >= 15 is 0 Å². The molecule has 0 saturated carbocycles. The molecule has 0 unspecified atom stereocenters. The lowest BCUT2D eigenvalue weighted by Gasteiger charge is -2.15. The number of nitrogens with one attached hydrogen (secondary N) is 2. The average Bonchev–Trinajstić information content (AvgIpc) is 2.54. The molecule has 0 fully saturated rings. The van der Waals surface area contributed by atoms with Gasteiger partial charge >= 0.3 is 0 Å². The Morgan fingerprint density at radius 3 is 2.48 bits per heavy atom. The van der Waals surface area contributed by atoms with Crippen molar-refractivity contribution in [1.82, 2.24) is 4.31 Å². The predicted octanol–water partition coefficient (Wildman–Crippen LogP) is 2.44. The number of benzene rings is 2. The first kappa shape index (κ1) is 18.9. The Balaban J connectivity index is 2.09. The molecule has 0 bridgehead atoms. The minimum absolute atomic E-state index is 0.0763. The summed E-state index contributed by atoms with van der Waals surface area (Å²) in [6.45, 7) is 1.61. The predicted molar refractivity (Wildman–Crippen MR) is 95.6 cm³/mol. The van der Waals surface area contributed by atoms with E-state index in [0.29, 0.717) is 16.9 Å². The standard InChI is InChI=1S/C17H20FN3O3S/c1-12-7-8-15(10-16(12)25(23,24)21(2)3)20-17(22)11-19-14-6-4-5-13(18)9-14/h4-10,19H,11H2,1-3H3,(H,20,22). The highest BCUT2D eigenvalue weighted by atomic mass is 32.2. The molecule has 0 radical (unpaired) electrons. The lowest BCUT2D eigenvalue weighted by molar-refractivity contribution is -0.114. The molecule has 1 amide bonds. The van der Waals surface area contributed by atoms with Gasteiger partial charge in [-0.3, -0.25) is 4.79 Å². The molecule has 0 aromatic heterocycles. The molecule has 0 spiro atoms. The minimum atomic E-state index is -3.60. The second-order valence-electron chi connectivity index (χ2n) is 5.68. The van der Waals surface area contributed by atoms with E-state index in [1.165, 1.54) is 38.4 Å². The van der Waals surface area contributed by atoms with Crippen molar-refractivity contribution in [1.29, 1.82) is 0 Å². The molecule has 134 valence electrons. The Labute approximate surface area is 146 Å². The van der Waals surface area contributed by atoms with Crippen LogP contribution in [0.3, 0.4) is 0 Å². The van der Waals surface area contributed by atoms with Gasteiger partial charge in [0.25, 0.3) is 0 Å². The Hall–Kier alpha value is -2.45. The van der Waals surface area contributed by atoms with E-state index < -0.39 is 15.8 Å². The summed E-state index contributed by atoms with van der Waals surface area (Å²) in [6.07, 6.45) is 0. The highest BCUT2D eigenvalue weighted by Gasteiger charge is 2.20. The van der Waals surface area contributed by atoms with E-state index in [2.05, 4.69) is 10.6 Å². The largest absolute Gasteiger partial charge is 0.376 e. The monoisotopic (exact) mass is 365 g/mol. The Morgan fingerprint density at radius 1 is 1.12 bits per heavy atom. The maximum atomic E-state index is 13.1. The summed E-state index contributed by atoms with van der Waals surface area (Å²) in [6, 6.07) is 10.4. The molecule has 0 atom stereocenters. The molecule has 2 aromatic carbocycles. The number of rotatable bonds is 6. The number of sulfonamides is 1. The second-order valence-corrected chi connectivity index (χ2v) is 7.80. The van der Waals surface area contributed by atoms with Gasteiger partial charge < -0.3 is 10.6 Å². The molecule has 0 heterocycles. The third kappa shape index (κ3) is 4.77. The number of hydrogen-bond acceptors (Lipinski definition) is 4. The maximum absolute atomic E-state index is 13.1. The minimum Gasteiger partial charge on any atom is -0.376 e. The SMILES string of the molecule is Cc1ccc(NC(=O)CNc2cccc(F)c2)cc1S(=O)(=O)N(C)C. The number of halogens is 1. The zero-order valence-electron chi connectivity index (χ0n) is 14.2. The summed E-state index contributed by atoms with van der Waals surface area (Å²) >= 11 is 0. The topological polar surface area (TPSA) is 78.5 Å². The average molecular weight is 365 g/mol. The van der Waals surface area contributed by atoms with Gasteiger partial charge in [-0.2, -0.15) is 0 Å². The number of nitrogens with zero attached hydrogens (tertiary/aromatic N) is 1. The third-order valence-corrected chi connectivity index (χ3v) is 5.47. The molecule has 2 rings (SSSR count). The smallest absolute Gasteiger partial charge is 0.243 e. The number of carbonyl (C=O) groups excluding carboxylic acids is 1.